The summed E-state index contributed by atoms with van der Waals surface area (Å²) in [6, 6.07) is 16.0. The smallest absolute Gasteiger partial charge is 0.408 e. The van der Waals surface area contributed by atoms with Gasteiger partial charge in [-0.15, -0.1) is 0 Å². The van der Waals surface area contributed by atoms with Crippen LogP contribution in [0.5, 0.6) is 0 Å². The van der Waals surface area contributed by atoms with Gasteiger partial charge in [-0.05, 0) is 35.1 Å². The normalized spacial score (nSPS) is 22.9. The molecule has 138 valence electrons. The van der Waals surface area contributed by atoms with Crippen molar-refractivity contribution in [3.8, 4) is 11.1 Å². The van der Waals surface area contributed by atoms with Crippen LogP contribution in [0, 0.1) is 5.92 Å². The molecule has 0 radical (unpaired) electrons. The van der Waals surface area contributed by atoms with Gasteiger partial charge in [-0.2, -0.15) is 0 Å². The van der Waals surface area contributed by atoms with E-state index in [2.05, 4.69) is 5.32 Å². The lowest BCUT2D eigenvalue weighted by molar-refractivity contribution is -0.151. The van der Waals surface area contributed by atoms with E-state index in [1.165, 1.54) is 0 Å². The number of benzene rings is 2. The molecule has 1 saturated carbocycles. The van der Waals surface area contributed by atoms with Gasteiger partial charge in [-0.1, -0.05) is 48.5 Å². The third-order valence-corrected chi connectivity index (χ3v) is 5.51. The first-order valence-corrected chi connectivity index (χ1v) is 8.86. The number of amides is 1. The molecule has 2 aliphatic carbocycles. The number of nitrogens with one attached hydrogen (secondary N) is 1. The van der Waals surface area contributed by atoms with E-state index in [1.54, 1.807) is 0 Å². The molecule has 2 aromatic carbocycles. The fraction of sp³-hybridized carbons (Fsp3) is 0.286. The van der Waals surface area contributed by atoms with Crippen molar-refractivity contribution in [3.63, 3.8) is 0 Å². The molecule has 6 heteroatoms. The first-order valence-electron chi connectivity index (χ1n) is 8.86. The number of carbonyl (C=O) groups excluding carboxylic acids is 2. The van der Waals surface area contributed by atoms with Crippen LogP contribution >= 0.6 is 0 Å². The zero-order chi connectivity index (χ0) is 19.0. The molecule has 0 spiro atoms. The lowest BCUT2D eigenvalue weighted by Crippen LogP contribution is -2.62. The maximum atomic E-state index is 12.2. The van der Waals surface area contributed by atoms with E-state index < -0.39 is 17.6 Å². The van der Waals surface area contributed by atoms with Gasteiger partial charge < -0.3 is 20.0 Å². The highest BCUT2D eigenvalue weighted by atomic mass is 16.5. The Morgan fingerprint density at radius 2 is 1.63 bits per heavy atom. The number of carboxylic acids is 1. The number of carboxylic acid groups (broad SMARTS) is 1. The van der Waals surface area contributed by atoms with Crippen LogP contribution in [0.3, 0.4) is 0 Å². The largest absolute Gasteiger partial charge is 0.480 e. The highest BCUT2D eigenvalue weighted by molar-refractivity contribution is 5.87. The second kappa shape index (κ2) is 6.54. The van der Waals surface area contributed by atoms with E-state index in [4.69, 9.17) is 4.74 Å². The Bertz CT molecular complexity index is 871. The molecule has 0 atom stereocenters. The average Bonchev–Trinajstić information content (AvgIpc) is 2.96. The van der Waals surface area contributed by atoms with Crippen molar-refractivity contribution in [2.75, 3.05) is 6.61 Å². The number of aliphatic carboxylic acids is 1. The minimum absolute atomic E-state index is 0.0898. The van der Waals surface area contributed by atoms with Crippen LogP contribution in [-0.4, -0.2) is 35.6 Å². The van der Waals surface area contributed by atoms with Crippen molar-refractivity contribution in [1.29, 1.82) is 0 Å². The molecule has 2 N–H and O–H groups in total. The van der Waals surface area contributed by atoms with Crippen molar-refractivity contribution < 1.29 is 24.2 Å². The molecule has 0 aromatic heterocycles. The van der Waals surface area contributed by atoms with Crippen molar-refractivity contribution >= 4 is 18.3 Å². The Labute approximate surface area is 156 Å². The number of aldehydes is 1. The number of fused-ring (bicyclic) bond motifs is 3. The number of hydrogen-bond donors (Lipinski definition) is 2. The Kier molecular flexibility index (Phi) is 4.18. The zero-order valence-electron chi connectivity index (χ0n) is 14.6. The van der Waals surface area contributed by atoms with Gasteiger partial charge in [0, 0.05) is 11.8 Å². The van der Waals surface area contributed by atoms with E-state index in [0.29, 0.717) is 0 Å². The Morgan fingerprint density at radius 3 is 2.15 bits per heavy atom. The predicted octanol–water partition coefficient (Wildman–Crippen LogP) is 2.96. The SMILES string of the molecule is O=CC1CC(NC(=O)OCC2c3ccccc3-c3ccccc32)(C(=O)O)C1. The molecule has 4 rings (SSSR count). The van der Waals surface area contributed by atoms with E-state index >= 15 is 0 Å². The third kappa shape index (κ3) is 2.87. The topological polar surface area (TPSA) is 92.7 Å². The lowest BCUT2D eigenvalue weighted by Gasteiger charge is -2.41. The van der Waals surface area contributed by atoms with Crippen LogP contribution in [0.2, 0.25) is 0 Å². The number of ether oxygens (including phenoxy) is 1. The van der Waals surface area contributed by atoms with Gasteiger partial charge in [-0.25, -0.2) is 9.59 Å². The summed E-state index contributed by atoms with van der Waals surface area (Å²) in [5, 5.41) is 11.8. The molecule has 2 aromatic rings. The summed E-state index contributed by atoms with van der Waals surface area (Å²) in [5.74, 6) is -1.57. The minimum Gasteiger partial charge on any atom is -0.480 e. The van der Waals surface area contributed by atoms with Crippen LogP contribution in [0.25, 0.3) is 11.1 Å². The van der Waals surface area contributed by atoms with Gasteiger partial charge in [0.15, 0.2) is 0 Å². The Hall–Kier alpha value is -3.15. The number of rotatable bonds is 5. The summed E-state index contributed by atoms with van der Waals surface area (Å²) in [6.45, 7) is 0.118. The summed E-state index contributed by atoms with van der Waals surface area (Å²) in [6.07, 6.45) is 0.135. The summed E-state index contributed by atoms with van der Waals surface area (Å²) < 4.78 is 5.39. The lowest BCUT2D eigenvalue weighted by atomic mass is 9.69. The first kappa shape index (κ1) is 17.3. The van der Waals surface area contributed by atoms with Crippen molar-refractivity contribution in [1.82, 2.24) is 5.32 Å². The summed E-state index contributed by atoms with van der Waals surface area (Å²) in [4.78, 5) is 34.5. The molecule has 0 heterocycles. The van der Waals surface area contributed by atoms with Crippen LogP contribution in [0.15, 0.2) is 48.5 Å². The molecule has 0 bridgehead atoms. The summed E-state index contributed by atoms with van der Waals surface area (Å²) >= 11 is 0. The van der Waals surface area contributed by atoms with Crippen molar-refractivity contribution in [3.05, 3.63) is 59.7 Å². The molecule has 1 fully saturated rings. The maximum Gasteiger partial charge on any atom is 0.408 e. The standard InChI is InChI=1S/C21H19NO5/c23-11-13-9-21(10-13,19(24)25)22-20(26)27-12-18-16-7-3-1-5-14(16)15-6-2-4-8-17(15)18/h1-8,11,13,18H,9-10,12H2,(H,22,26)(H,24,25). The minimum atomic E-state index is -1.41. The highest BCUT2D eigenvalue weighted by Gasteiger charge is 2.52. The molecule has 0 aliphatic heterocycles. The molecular formula is C21H19NO5. The average molecular weight is 365 g/mol. The fourth-order valence-corrected chi connectivity index (χ4v) is 4.09. The summed E-state index contributed by atoms with van der Waals surface area (Å²) in [7, 11) is 0. The molecule has 27 heavy (non-hydrogen) atoms. The van der Waals surface area contributed by atoms with Gasteiger partial charge >= 0.3 is 12.1 Å². The summed E-state index contributed by atoms with van der Waals surface area (Å²) in [5.41, 5.74) is 3.01. The second-order valence-corrected chi connectivity index (χ2v) is 7.14. The van der Waals surface area contributed by atoms with E-state index in [0.717, 1.165) is 28.5 Å². The van der Waals surface area contributed by atoms with Crippen LogP contribution in [-0.2, 0) is 14.3 Å². The quantitative estimate of drug-likeness (QED) is 0.795. The third-order valence-electron chi connectivity index (χ3n) is 5.51. The zero-order valence-corrected chi connectivity index (χ0v) is 14.6. The van der Waals surface area contributed by atoms with Crippen molar-refractivity contribution in [2.24, 2.45) is 5.92 Å². The number of carbonyl (C=O) groups is 3. The molecule has 0 saturated heterocycles. The maximum absolute atomic E-state index is 12.2. The molecule has 1 amide bonds. The molecular weight excluding hydrogens is 346 g/mol. The van der Waals surface area contributed by atoms with E-state index in [1.807, 2.05) is 48.5 Å². The van der Waals surface area contributed by atoms with E-state index in [-0.39, 0.29) is 31.3 Å². The van der Waals surface area contributed by atoms with Gasteiger partial charge in [0.25, 0.3) is 0 Å². The molecule has 6 nitrogen and oxygen atoms in total. The second-order valence-electron chi connectivity index (χ2n) is 7.14. The first-order chi connectivity index (χ1) is 13.0. The highest BCUT2D eigenvalue weighted by Crippen LogP contribution is 2.44. The van der Waals surface area contributed by atoms with Gasteiger partial charge in [0.2, 0.25) is 0 Å². The van der Waals surface area contributed by atoms with Gasteiger partial charge in [0.1, 0.15) is 18.4 Å². The fourth-order valence-electron chi connectivity index (χ4n) is 4.09. The number of alkyl carbamates (subject to hydrolysis) is 1. The van der Waals surface area contributed by atoms with Gasteiger partial charge in [0.05, 0.1) is 0 Å². The van der Waals surface area contributed by atoms with Gasteiger partial charge in [-0.3, -0.25) is 0 Å². The Balaban J connectivity index is 1.47. The molecule has 0 unspecified atom stereocenters. The van der Waals surface area contributed by atoms with Crippen LogP contribution in [0.4, 0.5) is 4.79 Å². The Morgan fingerprint density at radius 1 is 1.07 bits per heavy atom. The van der Waals surface area contributed by atoms with Crippen LogP contribution in [0.1, 0.15) is 29.9 Å². The van der Waals surface area contributed by atoms with Crippen molar-refractivity contribution in [2.45, 2.75) is 24.3 Å². The monoisotopic (exact) mass is 365 g/mol. The molecule has 2 aliphatic rings. The number of hydrogen-bond acceptors (Lipinski definition) is 4. The van der Waals surface area contributed by atoms with Crippen LogP contribution < -0.4 is 5.32 Å². The predicted molar refractivity (Wildman–Crippen MR) is 97.4 cm³/mol. The van der Waals surface area contributed by atoms with E-state index in [9.17, 15) is 19.5 Å².